The van der Waals surface area contributed by atoms with Gasteiger partial charge in [-0.3, -0.25) is 4.68 Å². The molecule has 2 rings (SSSR count). The summed E-state index contributed by atoms with van der Waals surface area (Å²) in [6, 6.07) is 8.25. The van der Waals surface area contributed by atoms with Crippen molar-refractivity contribution in [1.82, 2.24) is 14.8 Å². The lowest BCUT2D eigenvalue weighted by molar-refractivity contribution is 0.636. The van der Waals surface area contributed by atoms with Crippen LogP contribution in [0.3, 0.4) is 0 Å². The van der Waals surface area contributed by atoms with Gasteiger partial charge in [0, 0.05) is 12.2 Å². The summed E-state index contributed by atoms with van der Waals surface area (Å²) >= 11 is 0. The van der Waals surface area contributed by atoms with Crippen molar-refractivity contribution in [3.63, 3.8) is 0 Å². The van der Waals surface area contributed by atoms with Crippen LogP contribution in [0.4, 0.5) is 5.69 Å². The Morgan fingerprint density at radius 3 is 2.93 bits per heavy atom. The van der Waals surface area contributed by atoms with Crippen LogP contribution in [0.1, 0.15) is 5.56 Å². The molecule has 0 atom stereocenters. The molecule has 1 N–H and O–H groups in total. The van der Waals surface area contributed by atoms with Gasteiger partial charge < -0.3 is 5.32 Å². The second-order valence-electron chi connectivity index (χ2n) is 3.40. The SMILES string of the molecule is Cc1ccccc1NCCn1cncn1. The maximum atomic E-state index is 4.04. The van der Waals surface area contributed by atoms with E-state index in [1.54, 1.807) is 12.7 Å². The summed E-state index contributed by atoms with van der Waals surface area (Å²) in [5, 5.41) is 7.40. The van der Waals surface area contributed by atoms with Gasteiger partial charge in [-0.1, -0.05) is 18.2 Å². The number of rotatable bonds is 4. The maximum absolute atomic E-state index is 4.04. The lowest BCUT2D eigenvalue weighted by atomic mass is 10.2. The van der Waals surface area contributed by atoms with Gasteiger partial charge in [-0.05, 0) is 18.6 Å². The molecule has 0 saturated carbocycles. The summed E-state index contributed by atoms with van der Waals surface area (Å²) in [6.45, 7) is 3.78. The van der Waals surface area contributed by atoms with Crippen LogP contribution in [0, 0.1) is 6.92 Å². The number of aryl methyl sites for hydroxylation is 1. The van der Waals surface area contributed by atoms with Crippen molar-refractivity contribution in [1.29, 1.82) is 0 Å². The fourth-order valence-electron chi connectivity index (χ4n) is 1.42. The zero-order valence-corrected chi connectivity index (χ0v) is 8.72. The number of hydrogen-bond donors (Lipinski definition) is 1. The Kier molecular flexibility index (Phi) is 2.97. The maximum Gasteiger partial charge on any atom is 0.137 e. The van der Waals surface area contributed by atoms with Crippen molar-refractivity contribution >= 4 is 5.69 Å². The van der Waals surface area contributed by atoms with Crippen LogP contribution in [0.2, 0.25) is 0 Å². The number of aromatic nitrogens is 3. The molecule has 0 bridgehead atoms. The van der Waals surface area contributed by atoms with Gasteiger partial charge in [0.25, 0.3) is 0 Å². The number of nitrogens with zero attached hydrogens (tertiary/aromatic N) is 3. The minimum Gasteiger partial charge on any atom is -0.383 e. The van der Waals surface area contributed by atoms with Crippen LogP contribution in [-0.4, -0.2) is 21.3 Å². The van der Waals surface area contributed by atoms with Crippen LogP contribution in [-0.2, 0) is 6.54 Å². The van der Waals surface area contributed by atoms with E-state index in [-0.39, 0.29) is 0 Å². The van der Waals surface area contributed by atoms with E-state index in [4.69, 9.17) is 0 Å². The number of nitrogens with one attached hydrogen (secondary N) is 1. The number of hydrogen-bond acceptors (Lipinski definition) is 3. The van der Waals surface area contributed by atoms with Gasteiger partial charge in [-0.25, -0.2) is 4.98 Å². The van der Waals surface area contributed by atoms with E-state index in [0.29, 0.717) is 0 Å². The summed E-state index contributed by atoms with van der Waals surface area (Å²) in [4.78, 5) is 3.89. The van der Waals surface area contributed by atoms with Gasteiger partial charge in [-0.15, -0.1) is 0 Å². The monoisotopic (exact) mass is 202 g/mol. The average molecular weight is 202 g/mol. The van der Waals surface area contributed by atoms with Crippen molar-refractivity contribution in [3.8, 4) is 0 Å². The first-order valence-corrected chi connectivity index (χ1v) is 4.98. The largest absolute Gasteiger partial charge is 0.383 e. The third-order valence-corrected chi connectivity index (χ3v) is 2.27. The summed E-state index contributed by atoms with van der Waals surface area (Å²) in [6.07, 6.45) is 3.27. The van der Waals surface area contributed by atoms with E-state index in [2.05, 4.69) is 34.5 Å². The third kappa shape index (κ3) is 2.56. The first-order chi connectivity index (χ1) is 7.36. The second-order valence-corrected chi connectivity index (χ2v) is 3.40. The van der Waals surface area contributed by atoms with Crippen molar-refractivity contribution in [2.75, 3.05) is 11.9 Å². The number of anilines is 1. The minimum atomic E-state index is 0.828. The van der Waals surface area contributed by atoms with Crippen LogP contribution in [0.25, 0.3) is 0 Å². The third-order valence-electron chi connectivity index (χ3n) is 2.27. The molecule has 0 spiro atoms. The molecular weight excluding hydrogens is 188 g/mol. The topological polar surface area (TPSA) is 42.7 Å². The lowest BCUT2D eigenvalue weighted by Gasteiger charge is -2.08. The molecule has 0 saturated heterocycles. The molecule has 78 valence electrons. The molecule has 0 unspecified atom stereocenters. The predicted octanol–water partition coefficient (Wildman–Crippen LogP) is 1.70. The fraction of sp³-hybridized carbons (Fsp3) is 0.273. The molecular formula is C11H14N4. The quantitative estimate of drug-likeness (QED) is 0.820. The highest BCUT2D eigenvalue weighted by atomic mass is 15.3. The second kappa shape index (κ2) is 4.59. The summed E-state index contributed by atoms with van der Waals surface area (Å²) in [5.41, 5.74) is 2.44. The Labute approximate surface area is 89.0 Å². The molecule has 15 heavy (non-hydrogen) atoms. The summed E-state index contributed by atoms with van der Waals surface area (Å²) < 4.78 is 1.81. The smallest absolute Gasteiger partial charge is 0.137 e. The van der Waals surface area contributed by atoms with Gasteiger partial charge in [0.2, 0.25) is 0 Å². The fourth-order valence-corrected chi connectivity index (χ4v) is 1.42. The van der Waals surface area contributed by atoms with E-state index >= 15 is 0 Å². The molecule has 0 amide bonds. The Morgan fingerprint density at radius 1 is 1.33 bits per heavy atom. The first-order valence-electron chi connectivity index (χ1n) is 4.98. The highest BCUT2D eigenvalue weighted by Gasteiger charge is 1.95. The molecule has 4 heteroatoms. The average Bonchev–Trinajstić information content (AvgIpc) is 2.74. The van der Waals surface area contributed by atoms with Crippen molar-refractivity contribution in [3.05, 3.63) is 42.5 Å². The van der Waals surface area contributed by atoms with E-state index in [1.165, 1.54) is 11.3 Å². The Hall–Kier alpha value is -1.84. The summed E-state index contributed by atoms with van der Waals surface area (Å²) in [5.74, 6) is 0. The van der Waals surface area contributed by atoms with E-state index in [0.717, 1.165) is 13.1 Å². The zero-order valence-electron chi connectivity index (χ0n) is 8.72. The normalized spacial score (nSPS) is 10.2. The lowest BCUT2D eigenvalue weighted by Crippen LogP contribution is -2.11. The minimum absolute atomic E-state index is 0.828. The Bertz CT molecular complexity index is 408. The molecule has 1 heterocycles. The number of para-hydroxylation sites is 1. The van der Waals surface area contributed by atoms with Crippen molar-refractivity contribution < 1.29 is 0 Å². The molecule has 0 aliphatic heterocycles. The molecule has 1 aromatic carbocycles. The summed E-state index contributed by atoms with van der Waals surface area (Å²) in [7, 11) is 0. The molecule has 0 aliphatic rings. The van der Waals surface area contributed by atoms with E-state index in [1.807, 2.05) is 16.8 Å². The van der Waals surface area contributed by atoms with Gasteiger partial charge in [-0.2, -0.15) is 5.10 Å². The molecule has 0 radical (unpaired) electrons. The van der Waals surface area contributed by atoms with Gasteiger partial charge in [0.1, 0.15) is 12.7 Å². The predicted molar refractivity (Wildman–Crippen MR) is 59.7 cm³/mol. The molecule has 2 aromatic rings. The molecule has 0 aliphatic carbocycles. The van der Waals surface area contributed by atoms with Gasteiger partial charge in [0.05, 0.1) is 6.54 Å². The van der Waals surface area contributed by atoms with E-state index < -0.39 is 0 Å². The van der Waals surface area contributed by atoms with Gasteiger partial charge in [0.15, 0.2) is 0 Å². The molecule has 4 nitrogen and oxygen atoms in total. The Balaban J connectivity index is 1.86. The zero-order chi connectivity index (χ0) is 10.5. The highest BCUT2D eigenvalue weighted by molar-refractivity contribution is 5.49. The van der Waals surface area contributed by atoms with E-state index in [9.17, 15) is 0 Å². The van der Waals surface area contributed by atoms with Crippen LogP contribution in [0.5, 0.6) is 0 Å². The standard InChI is InChI=1S/C11H14N4/c1-10-4-2-3-5-11(10)13-6-7-15-9-12-8-14-15/h2-5,8-9,13H,6-7H2,1H3. The van der Waals surface area contributed by atoms with Crippen molar-refractivity contribution in [2.45, 2.75) is 13.5 Å². The highest BCUT2D eigenvalue weighted by Crippen LogP contribution is 2.12. The van der Waals surface area contributed by atoms with Crippen molar-refractivity contribution in [2.24, 2.45) is 0 Å². The van der Waals surface area contributed by atoms with Crippen LogP contribution < -0.4 is 5.32 Å². The Morgan fingerprint density at radius 2 is 2.20 bits per heavy atom. The van der Waals surface area contributed by atoms with Gasteiger partial charge >= 0.3 is 0 Å². The first kappa shape index (κ1) is 9.71. The molecule has 0 fully saturated rings. The van der Waals surface area contributed by atoms with Crippen LogP contribution >= 0.6 is 0 Å². The number of benzene rings is 1. The molecule has 1 aromatic heterocycles. The van der Waals surface area contributed by atoms with Crippen LogP contribution in [0.15, 0.2) is 36.9 Å².